The number of nitrogens with one attached hydrogen (secondary N) is 1. The highest BCUT2D eigenvalue weighted by atomic mass is 16.3. The minimum atomic E-state index is -0.854. The molecule has 0 fully saturated rings. The van der Waals surface area contributed by atoms with Crippen LogP contribution in [0.1, 0.15) is 168 Å². The van der Waals surface area contributed by atoms with E-state index in [4.69, 9.17) is 0 Å². The van der Waals surface area contributed by atoms with Crippen LogP contribution in [0.4, 0.5) is 0 Å². The second-order valence-corrected chi connectivity index (χ2v) is 11.2. The first-order valence-corrected chi connectivity index (χ1v) is 16.6. The Bertz CT molecular complexity index is 546. The molecule has 0 bridgehead atoms. The van der Waals surface area contributed by atoms with Gasteiger partial charge in [0.25, 0.3) is 0 Å². The van der Waals surface area contributed by atoms with Gasteiger partial charge < -0.3 is 15.5 Å². The van der Waals surface area contributed by atoms with Crippen LogP contribution in [0.5, 0.6) is 0 Å². The number of allylic oxidation sites excluding steroid dienone is 3. The van der Waals surface area contributed by atoms with Gasteiger partial charge in [0.05, 0.1) is 18.8 Å². The molecular formula is C34H65NO3. The third kappa shape index (κ3) is 26.5. The third-order valence-corrected chi connectivity index (χ3v) is 7.44. The monoisotopic (exact) mass is 535 g/mol. The summed E-state index contributed by atoms with van der Waals surface area (Å²) in [6, 6.07) is -0.630. The molecule has 1 amide bonds. The van der Waals surface area contributed by atoms with E-state index in [1.165, 1.54) is 116 Å². The molecule has 4 heteroatoms. The molecule has 3 N–H and O–H groups in total. The normalized spacial score (nSPS) is 13.5. The Kier molecular flexibility index (Phi) is 29.5. The van der Waals surface area contributed by atoms with Crippen LogP contribution in [0.3, 0.4) is 0 Å². The number of carbonyl (C=O) groups is 1. The number of hydrogen-bond acceptors (Lipinski definition) is 3. The standard InChI is InChI=1S/C34H65NO3/c1-3-5-7-9-11-13-14-15-16-17-18-19-20-22-24-26-28-30-34(38)35-32(31-36)33(37)29-27-25-23-21-12-10-8-6-4-2/h12,21,27,29,32-33,36-37H,3-11,13-20,22-26,28,30-31H2,1-2H3,(H,35,38)/b21-12+,29-27+/t32?,33-/m1/s1. The lowest BCUT2D eigenvalue weighted by atomic mass is 10.0. The molecule has 38 heavy (non-hydrogen) atoms. The van der Waals surface area contributed by atoms with E-state index in [2.05, 4.69) is 31.3 Å². The summed E-state index contributed by atoms with van der Waals surface area (Å²) in [6.45, 7) is 4.23. The van der Waals surface area contributed by atoms with Gasteiger partial charge in [0.2, 0.25) is 5.91 Å². The van der Waals surface area contributed by atoms with E-state index in [9.17, 15) is 15.0 Å². The maximum Gasteiger partial charge on any atom is 0.220 e. The number of unbranched alkanes of at least 4 members (excludes halogenated alkanes) is 20. The molecule has 0 aliphatic carbocycles. The summed E-state index contributed by atoms with van der Waals surface area (Å²) in [5.41, 5.74) is 0. The predicted octanol–water partition coefficient (Wildman–Crippen LogP) is 9.34. The molecule has 2 atom stereocenters. The largest absolute Gasteiger partial charge is 0.394 e. The van der Waals surface area contributed by atoms with Crippen LogP contribution in [0.25, 0.3) is 0 Å². The van der Waals surface area contributed by atoms with Gasteiger partial charge in [-0.2, -0.15) is 0 Å². The van der Waals surface area contributed by atoms with E-state index in [-0.39, 0.29) is 12.5 Å². The number of amides is 1. The predicted molar refractivity (Wildman–Crippen MR) is 165 cm³/mol. The van der Waals surface area contributed by atoms with E-state index < -0.39 is 12.1 Å². The number of hydrogen-bond donors (Lipinski definition) is 3. The van der Waals surface area contributed by atoms with Crippen molar-refractivity contribution >= 4 is 5.91 Å². The van der Waals surface area contributed by atoms with E-state index in [1.54, 1.807) is 6.08 Å². The first kappa shape index (κ1) is 36.9. The zero-order valence-electron chi connectivity index (χ0n) is 25.4. The van der Waals surface area contributed by atoms with Crippen LogP contribution in [0.2, 0.25) is 0 Å². The smallest absolute Gasteiger partial charge is 0.220 e. The summed E-state index contributed by atoms with van der Waals surface area (Å²) in [5, 5.41) is 22.7. The van der Waals surface area contributed by atoms with Crippen molar-refractivity contribution in [2.75, 3.05) is 6.61 Å². The maximum absolute atomic E-state index is 12.2. The van der Waals surface area contributed by atoms with Crippen molar-refractivity contribution in [1.29, 1.82) is 0 Å². The molecule has 0 heterocycles. The molecule has 0 rings (SSSR count). The lowest BCUT2D eigenvalue weighted by Gasteiger charge is -2.19. The Labute approximate surface area is 237 Å². The van der Waals surface area contributed by atoms with Gasteiger partial charge in [-0.1, -0.05) is 154 Å². The van der Waals surface area contributed by atoms with Crippen LogP contribution < -0.4 is 5.32 Å². The summed E-state index contributed by atoms with van der Waals surface area (Å²) >= 11 is 0. The first-order valence-electron chi connectivity index (χ1n) is 16.6. The van der Waals surface area contributed by atoms with Crippen molar-refractivity contribution in [3.63, 3.8) is 0 Å². The molecule has 0 aromatic rings. The average Bonchev–Trinajstić information content (AvgIpc) is 2.92. The van der Waals surface area contributed by atoms with E-state index in [1.807, 2.05) is 6.08 Å². The fraction of sp³-hybridized carbons (Fsp3) is 0.853. The molecule has 0 aliphatic rings. The quantitative estimate of drug-likeness (QED) is 0.0660. The summed E-state index contributed by atoms with van der Waals surface area (Å²) < 4.78 is 0. The van der Waals surface area contributed by atoms with Gasteiger partial charge in [-0.05, 0) is 32.1 Å². The van der Waals surface area contributed by atoms with Gasteiger partial charge >= 0.3 is 0 Å². The first-order chi connectivity index (χ1) is 18.7. The number of carbonyl (C=O) groups excluding carboxylic acids is 1. The summed E-state index contributed by atoms with van der Waals surface area (Å²) in [7, 11) is 0. The second kappa shape index (κ2) is 30.4. The van der Waals surface area contributed by atoms with Crippen LogP contribution in [0, 0.1) is 0 Å². The van der Waals surface area contributed by atoms with Crippen LogP contribution in [-0.4, -0.2) is 34.9 Å². The summed E-state index contributed by atoms with van der Waals surface area (Å²) in [6.07, 6.45) is 36.9. The SMILES string of the molecule is CCCCC/C=C/CC/C=C/[C@@H](O)C(CO)NC(=O)CCCCCCCCCCCCCCCCCCC. The summed E-state index contributed by atoms with van der Waals surface area (Å²) in [4.78, 5) is 12.2. The van der Waals surface area contributed by atoms with Crippen molar-refractivity contribution in [3.8, 4) is 0 Å². The molecule has 0 saturated heterocycles. The van der Waals surface area contributed by atoms with Gasteiger partial charge in [-0.25, -0.2) is 0 Å². The molecule has 0 aromatic carbocycles. The van der Waals surface area contributed by atoms with Crippen molar-refractivity contribution in [3.05, 3.63) is 24.3 Å². The van der Waals surface area contributed by atoms with E-state index >= 15 is 0 Å². The van der Waals surface area contributed by atoms with Crippen LogP contribution >= 0.6 is 0 Å². The molecule has 0 radical (unpaired) electrons. The minimum Gasteiger partial charge on any atom is -0.394 e. The highest BCUT2D eigenvalue weighted by molar-refractivity contribution is 5.76. The number of aliphatic hydroxyl groups excluding tert-OH is 2. The van der Waals surface area contributed by atoms with Gasteiger partial charge in [0.1, 0.15) is 0 Å². The van der Waals surface area contributed by atoms with Gasteiger partial charge in [-0.3, -0.25) is 4.79 Å². The van der Waals surface area contributed by atoms with Crippen molar-refractivity contribution < 1.29 is 15.0 Å². The Balaban J connectivity index is 3.60. The van der Waals surface area contributed by atoms with Gasteiger partial charge in [0, 0.05) is 6.42 Å². The highest BCUT2D eigenvalue weighted by Gasteiger charge is 2.17. The molecule has 0 saturated carbocycles. The molecule has 224 valence electrons. The molecule has 0 aliphatic heterocycles. The van der Waals surface area contributed by atoms with Crippen molar-refractivity contribution in [2.45, 2.75) is 180 Å². The Morgan fingerprint density at radius 3 is 1.53 bits per heavy atom. The third-order valence-electron chi connectivity index (χ3n) is 7.44. The van der Waals surface area contributed by atoms with Crippen LogP contribution in [-0.2, 0) is 4.79 Å². The second-order valence-electron chi connectivity index (χ2n) is 11.2. The topological polar surface area (TPSA) is 69.6 Å². The minimum absolute atomic E-state index is 0.0764. The Morgan fingerprint density at radius 1 is 0.605 bits per heavy atom. The Morgan fingerprint density at radius 2 is 1.03 bits per heavy atom. The molecule has 0 aromatic heterocycles. The lowest BCUT2D eigenvalue weighted by Crippen LogP contribution is -2.45. The fourth-order valence-electron chi connectivity index (χ4n) is 4.84. The number of rotatable bonds is 29. The molecular weight excluding hydrogens is 470 g/mol. The zero-order valence-corrected chi connectivity index (χ0v) is 25.4. The zero-order chi connectivity index (χ0) is 27.9. The van der Waals surface area contributed by atoms with Crippen LogP contribution in [0.15, 0.2) is 24.3 Å². The van der Waals surface area contributed by atoms with Gasteiger partial charge in [0.15, 0.2) is 0 Å². The Hall–Kier alpha value is -1.13. The van der Waals surface area contributed by atoms with Crippen molar-refractivity contribution in [2.24, 2.45) is 0 Å². The molecule has 4 nitrogen and oxygen atoms in total. The van der Waals surface area contributed by atoms with Crippen molar-refractivity contribution in [1.82, 2.24) is 5.32 Å². The molecule has 1 unspecified atom stereocenters. The lowest BCUT2D eigenvalue weighted by molar-refractivity contribution is -0.123. The maximum atomic E-state index is 12.2. The fourth-order valence-corrected chi connectivity index (χ4v) is 4.84. The average molecular weight is 536 g/mol. The van der Waals surface area contributed by atoms with E-state index in [0.717, 1.165) is 32.1 Å². The highest BCUT2D eigenvalue weighted by Crippen LogP contribution is 2.14. The van der Waals surface area contributed by atoms with Gasteiger partial charge in [-0.15, -0.1) is 0 Å². The molecule has 0 spiro atoms. The number of aliphatic hydroxyl groups is 2. The van der Waals surface area contributed by atoms with E-state index in [0.29, 0.717) is 6.42 Å². The summed E-state index contributed by atoms with van der Waals surface area (Å²) in [5.74, 6) is -0.0764.